The molecular formula is C8H5ClF2INO. The van der Waals surface area contributed by atoms with E-state index in [0.29, 0.717) is 3.57 Å². The molecule has 0 saturated heterocycles. The van der Waals surface area contributed by atoms with Crippen LogP contribution in [0.2, 0.25) is 0 Å². The Morgan fingerprint density at radius 1 is 1.64 bits per heavy atom. The van der Waals surface area contributed by atoms with Gasteiger partial charge in [-0.2, -0.15) is 0 Å². The Labute approximate surface area is 97.8 Å². The standard InChI is InChI=1S/C8H5ClF2INO/c1-3-5(8(10)11)6(7(9)14)4(12)2-13-3/h2,8H,1H3. The second-order valence-corrected chi connectivity index (χ2v) is 4.06. The van der Waals surface area contributed by atoms with Gasteiger partial charge in [-0.3, -0.25) is 9.78 Å². The molecule has 0 amide bonds. The van der Waals surface area contributed by atoms with Crippen molar-refractivity contribution in [2.45, 2.75) is 13.3 Å². The Morgan fingerprint density at radius 3 is 2.57 bits per heavy atom. The summed E-state index contributed by atoms with van der Waals surface area (Å²) < 4.78 is 25.5. The quantitative estimate of drug-likeness (QED) is 0.615. The molecule has 0 spiro atoms. The number of pyridine rings is 1. The summed E-state index contributed by atoms with van der Waals surface area (Å²) in [6.45, 7) is 1.42. The summed E-state index contributed by atoms with van der Waals surface area (Å²) in [6, 6.07) is 0. The van der Waals surface area contributed by atoms with Crippen molar-refractivity contribution < 1.29 is 13.6 Å². The van der Waals surface area contributed by atoms with Crippen LogP contribution in [0.3, 0.4) is 0 Å². The second kappa shape index (κ2) is 4.48. The SMILES string of the molecule is Cc1ncc(I)c(C(=O)Cl)c1C(F)F. The van der Waals surface area contributed by atoms with Crippen molar-refractivity contribution in [1.82, 2.24) is 4.98 Å². The van der Waals surface area contributed by atoms with Gasteiger partial charge >= 0.3 is 0 Å². The fourth-order valence-corrected chi connectivity index (χ4v) is 2.10. The van der Waals surface area contributed by atoms with Crippen molar-refractivity contribution in [2.24, 2.45) is 0 Å². The Kier molecular flexibility index (Phi) is 3.77. The molecule has 0 N–H and O–H groups in total. The molecule has 0 atom stereocenters. The van der Waals surface area contributed by atoms with Crippen molar-refractivity contribution >= 4 is 39.4 Å². The van der Waals surface area contributed by atoms with E-state index < -0.39 is 11.7 Å². The van der Waals surface area contributed by atoms with Gasteiger partial charge in [0.25, 0.3) is 11.7 Å². The first-order chi connectivity index (χ1) is 6.45. The van der Waals surface area contributed by atoms with Gasteiger partial charge in [0, 0.05) is 15.5 Å². The van der Waals surface area contributed by atoms with Gasteiger partial charge in [0.05, 0.1) is 11.1 Å². The molecule has 0 aromatic carbocycles. The molecule has 0 aliphatic heterocycles. The zero-order chi connectivity index (χ0) is 10.9. The molecule has 1 rings (SSSR count). The first-order valence-corrected chi connectivity index (χ1v) is 5.03. The van der Waals surface area contributed by atoms with Crippen LogP contribution >= 0.6 is 34.2 Å². The first kappa shape index (κ1) is 11.8. The molecule has 1 aromatic rings. The number of hydrogen-bond acceptors (Lipinski definition) is 2. The molecule has 0 saturated carbocycles. The normalized spacial score (nSPS) is 10.7. The molecule has 6 heteroatoms. The summed E-state index contributed by atoms with van der Waals surface area (Å²) >= 11 is 6.97. The topological polar surface area (TPSA) is 30.0 Å². The molecule has 1 heterocycles. The van der Waals surface area contributed by atoms with Crippen molar-refractivity contribution in [3.63, 3.8) is 0 Å². The zero-order valence-electron chi connectivity index (χ0n) is 7.02. The minimum atomic E-state index is -2.74. The van der Waals surface area contributed by atoms with E-state index in [1.165, 1.54) is 13.1 Å². The fourth-order valence-electron chi connectivity index (χ4n) is 1.06. The van der Waals surface area contributed by atoms with Crippen LogP contribution in [0.25, 0.3) is 0 Å². The predicted molar refractivity (Wildman–Crippen MR) is 56.8 cm³/mol. The van der Waals surface area contributed by atoms with Gasteiger partial charge in [-0.15, -0.1) is 0 Å². The third kappa shape index (κ3) is 2.20. The van der Waals surface area contributed by atoms with E-state index in [2.05, 4.69) is 4.98 Å². The molecule has 0 aliphatic rings. The third-order valence-electron chi connectivity index (χ3n) is 1.68. The second-order valence-electron chi connectivity index (χ2n) is 2.55. The third-order valence-corrected chi connectivity index (χ3v) is 2.69. The highest BCUT2D eigenvalue weighted by atomic mass is 127. The molecular weight excluding hydrogens is 326 g/mol. The van der Waals surface area contributed by atoms with Crippen molar-refractivity contribution in [3.05, 3.63) is 26.6 Å². The lowest BCUT2D eigenvalue weighted by molar-refractivity contribution is 0.106. The highest BCUT2D eigenvalue weighted by Gasteiger charge is 2.22. The molecule has 2 nitrogen and oxygen atoms in total. The van der Waals surface area contributed by atoms with Gasteiger partial charge in [0.15, 0.2) is 0 Å². The van der Waals surface area contributed by atoms with Gasteiger partial charge in [-0.25, -0.2) is 8.78 Å². The van der Waals surface area contributed by atoms with E-state index in [1.807, 2.05) is 0 Å². The zero-order valence-corrected chi connectivity index (χ0v) is 9.94. The van der Waals surface area contributed by atoms with Crippen LogP contribution in [0, 0.1) is 10.5 Å². The fraction of sp³-hybridized carbons (Fsp3) is 0.250. The Morgan fingerprint density at radius 2 is 2.21 bits per heavy atom. The monoisotopic (exact) mass is 331 g/mol. The maximum absolute atomic E-state index is 12.6. The highest BCUT2D eigenvalue weighted by molar-refractivity contribution is 14.1. The maximum Gasteiger partial charge on any atom is 0.266 e. The van der Waals surface area contributed by atoms with E-state index >= 15 is 0 Å². The summed E-state index contributed by atoms with van der Waals surface area (Å²) in [7, 11) is 0. The summed E-state index contributed by atoms with van der Waals surface area (Å²) in [4.78, 5) is 14.7. The van der Waals surface area contributed by atoms with Gasteiger partial charge in [0.1, 0.15) is 0 Å². The number of rotatable bonds is 2. The molecule has 0 fully saturated rings. The molecule has 76 valence electrons. The van der Waals surface area contributed by atoms with Crippen LogP contribution in [-0.2, 0) is 0 Å². The minimum absolute atomic E-state index is 0.129. The number of aromatic nitrogens is 1. The highest BCUT2D eigenvalue weighted by Crippen LogP contribution is 2.29. The van der Waals surface area contributed by atoms with E-state index in [9.17, 15) is 13.6 Å². The summed E-state index contributed by atoms with van der Waals surface area (Å²) in [5, 5.41) is -0.879. The number of hydrogen-bond donors (Lipinski definition) is 0. The van der Waals surface area contributed by atoms with Crippen LogP contribution in [0.1, 0.15) is 28.0 Å². The van der Waals surface area contributed by atoms with Gasteiger partial charge in [-0.05, 0) is 41.1 Å². The van der Waals surface area contributed by atoms with Crippen molar-refractivity contribution in [3.8, 4) is 0 Å². The average molecular weight is 331 g/mol. The van der Waals surface area contributed by atoms with Crippen LogP contribution in [0.5, 0.6) is 0 Å². The van der Waals surface area contributed by atoms with Gasteiger partial charge < -0.3 is 0 Å². The van der Waals surface area contributed by atoms with E-state index in [0.717, 1.165) is 0 Å². The average Bonchev–Trinajstić information content (AvgIpc) is 2.07. The lowest BCUT2D eigenvalue weighted by Gasteiger charge is -2.09. The lowest BCUT2D eigenvalue weighted by Crippen LogP contribution is -2.06. The van der Waals surface area contributed by atoms with Crippen LogP contribution in [-0.4, -0.2) is 10.2 Å². The number of carbonyl (C=O) groups excluding carboxylic acids is 1. The van der Waals surface area contributed by atoms with E-state index in [4.69, 9.17) is 11.6 Å². The number of nitrogens with zero attached hydrogens (tertiary/aromatic N) is 1. The van der Waals surface area contributed by atoms with Gasteiger partial charge in [0.2, 0.25) is 0 Å². The van der Waals surface area contributed by atoms with E-state index in [-0.39, 0.29) is 16.8 Å². The Bertz CT molecular complexity index is 384. The van der Waals surface area contributed by atoms with Crippen LogP contribution in [0.4, 0.5) is 8.78 Å². The molecule has 14 heavy (non-hydrogen) atoms. The van der Waals surface area contributed by atoms with Gasteiger partial charge in [-0.1, -0.05) is 0 Å². The minimum Gasteiger partial charge on any atom is -0.276 e. The summed E-state index contributed by atoms with van der Waals surface area (Å²) in [5.74, 6) is 0. The number of alkyl halides is 2. The summed E-state index contributed by atoms with van der Waals surface area (Å²) in [6.07, 6.45) is -1.40. The van der Waals surface area contributed by atoms with Crippen molar-refractivity contribution in [2.75, 3.05) is 0 Å². The lowest BCUT2D eigenvalue weighted by atomic mass is 10.1. The Hall–Kier alpha value is -0.300. The maximum atomic E-state index is 12.6. The van der Waals surface area contributed by atoms with Crippen LogP contribution < -0.4 is 0 Å². The molecule has 0 unspecified atom stereocenters. The summed E-state index contributed by atoms with van der Waals surface area (Å²) in [5.41, 5.74) is -0.393. The Balaban J connectivity index is 3.50. The first-order valence-electron chi connectivity index (χ1n) is 3.58. The molecule has 0 bridgehead atoms. The van der Waals surface area contributed by atoms with Crippen molar-refractivity contribution in [1.29, 1.82) is 0 Å². The smallest absolute Gasteiger partial charge is 0.266 e. The molecule has 1 aromatic heterocycles. The number of halogens is 4. The molecule has 0 radical (unpaired) electrons. The molecule has 0 aliphatic carbocycles. The largest absolute Gasteiger partial charge is 0.276 e. The van der Waals surface area contributed by atoms with Crippen LogP contribution in [0.15, 0.2) is 6.20 Å². The number of aryl methyl sites for hydroxylation is 1. The van der Waals surface area contributed by atoms with E-state index in [1.54, 1.807) is 22.6 Å². The predicted octanol–water partition coefficient (Wildman–Crippen LogP) is 3.31. The number of carbonyl (C=O) groups is 1.